The minimum atomic E-state index is -1.05. The Balaban J connectivity index is 0.677. The van der Waals surface area contributed by atoms with Crippen molar-refractivity contribution in [3.8, 4) is 46.0 Å². The molecule has 0 aliphatic heterocycles. The number of ether oxygens (including phenoxy) is 12. The molecule has 16 saturated carbocycles. The molecule has 20 heteroatoms. The van der Waals surface area contributed by atoms with Crippen LogP contribution in [0.1, 0.15) is 314 Å². The molecule has 132 heavy (non-hydrogen) atoms. The van der Waals surface area contributed by atoms with E-state index in [1.165, 1.54) is 130 Å². The SMILES string of the molecule is COc1cc(O)c2cc1C(c1ccc(C(=O)OCCOC34CC5CC(CC(C)(C5)C3)C4)cc1)c1cc(c(OC)cc1O)C(c1ccc(C(=O)OCCOC34CC5CC(CC(C)(C5)C3)C4)cc1)c1cc(c(OC)cc1O)C(c1ccc(C(=O)OCCOC34CC5CC(CC(C)(C5)C3)C4)cc1)c1cc(c(OC)cc1O)C2c1ccc(C(=O)OCCOC23CC4CC(CC(C)(C4)C2)C3)cc1. The number of esters is 4. The molecule has 25 rings (SSSR count). The maximum atomic E-state index is 14.4. The molecule has 17 aliphatic carbocycles. The highest BCUT2D eigenvalue weighted by molar-refractivity contribution is 5.91. The van der Waals surface area contributed by atoms with Gasteiger partial charge >= 0.3 is 23.9 Å². The molecule has 8 aromatic carbocycles. The molecular formula is C112H128O20. The van der Waals surface area contributed by atoms with Crippen molar-refractivity contribution >= 4 is 23.9 Å². The Morgan fingerprint density at radius 2 is 0.439 bits per heavy atom. The number of fused-ring (bicyclic) bond motifs is 8. The van der Waals surface area contributed by atoms with Crippen molar-refractivity contribution in [2.75, 3.05) is 81.3 Å². The second-order valence-corrected chi connectivity index (χ2v) is 44.6. The fourth-order valence-corrected chi connectivity index (χ4v) is 31.4. The first-order valence-electron chi connectivity index (χ1n) is 48.8. The van der Waals surface area contributed by atoms with Gasteiger partial charge in [-0.05, 0) is 318 Å². The van der Waals surface area contributed by atoms with E-state index >= 15 is 0 Å². The Labute approximate surface area is 774 Å². The monoisotopic (exact) mass is 1790 g/mol. The lowest BCUT2D eigenvalue weighted by Gasteiger charge is -2.60. The van der Waals surface area contributed by atoms with Gasteiger partial charge in [0.2, 0.25) is 0 Å². The van der Waals surface area contributed by atoms with Gasteiger partial charge in [0, 0.05) is 92.4 Å². The van der Waals surface area contributed by atoms with Gasteiger partial charge in [0.1, 0.15) is 72.4 Å². The summed E-state index contributed by atoms with van der Waals surface area (Å²) in [4.78, 5) is 57.7. The lowest BCUT2D eigenvalue weighted by molar-refractivity contribution is -0.191. The Morgan fingerprint density at radius 1 is 0.258 bits per heavy atom. The fraction of sp³-hybridized carbons (Fsp3) is 0.536. The molecule has 696 valence electrons. The number of hydrogen-bond acceptors (Lipinski definition) is 20. The number of benzene rings is 8. The van der Waals surface area contributed by atoms with E-state index < -0.39 is 47.5 Å². The van der Waals surface area contributed by atoms with Crippen LogP contribution in [0.3, 0.4) is 0 Å². The first-order valence-corrected chi connectivity index (χ1v) is 48.8. The van der Waals surface area contributed by atoms with Gasteiger partial charge in [-0.2, -0.15) is 0 Å². The summed E-state index contributed by atoms with van der Waals surface area (Å²) in [5.74, 6) is -1.27. The van der Waals surface area contributed by atoms with Crippen LogP contribution in [0.15, 0.2) is 146 Å². The lowest BCUT2D eigenvalue weighted by Crippen LogP contribution is -2.56. The highest BCUT2D eigenvalue weighted by atomic mass is 16.6. The van der Waals surface area contributed by atoms with Crippen molar-refractivity contribution in [1.82, 2.24) is 0 Å². The molecule has 0 heterocycles. The van der Waals surface area contributed by atoms with Gasteiger partial charge in [0.05, 0.1) is 99.5 Å². The molecule has 12 atom stereocenters. The standard InChI is InChI=1S/C112H128O20/c1-105-45-65-33-66(46-105)54-109(53-65,61-105)129-29-25-125-101(117)77-17-9-73(10-18-77)97-81-37-86(94(122-6)41-89(81)113)99(75-13-21-79(22-14-75)103(119)127-27-31-131-111-57-69-35-70(58-111)50-107(3,49-69)63-111)83-39-88(96(124-8)43-91(83)115)100(76-15-23-80(24-16-76)104(120)128-28-32-132-112-59-71-36-72(60-112)52-108(4,51-71)64-112)84-40-87(95(123-7)44-92(84)116)98(82-38-85(97)93(121-5)42-90(82)114)74-11-19-78(20-12-74)102(118)126-26-30-130-110-55-67-34-68(56-110)48-106(2,47-67)62-110/h9-24,37-44,65-72,97-100,113-116H,25-36,45-64H2,1-8H3. The second-order valence-electron chi connectivity index (χ2n) is 44.6. The molecule has 0 amide bonds. The number of hydrogen-bond donors (Lipinski definition) is 4. The highest BCUT2D eigenvalue weighted by Crippen LogP contribution is 2.68. The van der Waals surface area contributed by atoms with E-state index in [0.29, 0.717) is 114 Å². The Kier molecular flexibility index (Phi) is 22.8. The van der Waals surface area contributed by atoms with Crippen LogP contribution in [0.5, 0.6) is 46.0 Å². The van der Waals surface area contributed by atoms with Crippen LogP contribution in [0, 0.1) is 69.0 Å². The van der Waals surface area contributed by atoms with Crippen LogP contribution < -0.4 is 18.9 Å². The summed E-state index contributed by atoms with van der Waals surface area (Å²) in [6.45, 7) is 10.9. The summed E-state index contributed by atoms with van der Waals surface area (Å²) in [7, 11) is 5.99. The smallest absolute Gasteiger partial charge is 0.338 e. The van der Waals surface area contributed by atoms with E-state index in [9.17, 15) is 39.6 Å². The zero-order valence-corrected chi connectivity index (χ0v) is 77.7. The maximum absolute atomic E-state index is 14.4. The summed E-state index contributed by atoms with van der Waals surface area (Å²) in [5, 5.41) is 53.1. The number of phenolic OH excluding ortho intramolecular Hbond substituents is 4. The van der Waals surface area contributed by atoms with Crippen LogP contribution in [-0.4, -0.2) is 148 Å². The van der Waals surface area contributed by atoms with Crippen molar-refractivity contribution in [2.24, 2.45) is 69.0 Å². The summed E-state index contributed by atoms with van der Waals surface area (Å²) in [5.41, 5.74) is 6.43. The summed E-state index contributed by atoms with van der Waals surface area (Å²) < 4.78 is 77.0. The van der Waals surface area contributed by atoms with E-state index in [2.05, 4.69) is 27.7 Å². The molecule has 20 nitrogen and oxygen atoms in total. The van der Waals surface area contributed by atoms with Gasteiger partial charge in [0.25, 0.3) is 0 Å². The predicted octanol–water partition coefficient (Wildman–Crippen LogP) is 21.7. The van der Waals surface area contributed by atoms with Gasteiger partial charge < -0.3 is 77.3 Å². The molecule has 0 aromatic heterocycles. The second kappa shape index (κ2) is 34.0. The van der Waals surface area contributed by atoms with Gasteiger partial charge in [-0.25, -0.2) is 19.2 Å². The Bertz CT molecular complexity index is 5000. The topological polar surface area (TPSA) is 260 Å². The molecule has 0 spiro atoms. The number of phenols is 4. The van der Waals surface area contributed by atoms with Crippen molar-refractivity contribution in [1.29, 1.82) is 0 Å². The maximum Gasteiger partial charge on any atom is 0.338 e. The third kappa shape index (κ3) is 16.8. The molecule has 0 radical (unpaired) electrons. The van der Waals surface area contributed by atoms with Crippen LogP contribution in [-0.2, 0) is 37.9 Å². The van der Waals surface area contributed by atoms with Crippen LogP contribution >= 0.6 is 0 Å². The summed E-state index contributed by atoms with van der Waals surface area (Å²) in [6.07, 6.45) is 27.3. The molecule has 8 aromatic rings. The quantitative estimate of drug-likeness (QED) is 0.0202. The zero-order valence-electron chi connectivity index (χ0n) is 77.7. The molecule has 0 saturated heterocycles. The molecular weight excluding hydrogens is 1670 g/mol. The van der Waals surface area contributed by atoms with E-state index in [0.717, 1.165) is 77.0 Å². The number of methoxy groups -OCH3 is 4. The Hall–Kier alpha value is -10.1. The number of carbonyl (C=O) groups is 4. The molecule has 12 unspecified atom stereocenters. The largest absolute Gasteiger partial charge is 0.507 e. The minimum Gasteiger partial charge on any atom is -0.507 e. The number of rotatable bonds is 28. The van der Waals surface area contributed by atoms with E-state index in [-0.39, 0.29) is 165 Å². The van der Waals surface area contributed by atoms with Crippen molar-refractivity contribution < 1.29 is 96.4 Å². The Morgan fingerprint density at radius 3 is 0.606 bits per heavy atom. The highest BCUT2D eigenvalue weighted by Gasteiger charge is 2.61. The molecule has 16 fully saturated rings. The first-order chi connectivity index (χ1) is 63.5. The number of aromatic hydroxyl groups is 4. The minimum absolute atomic E-state index is 0.0584. The van der Waals surface area contributed by atoms with Crippen molar-refractivity contribution in [2.45, 2.75) is 228 Å². The number of carbonyl (C=O) groups excluding carboxylic acids is 4. The van der Waals surface area contributed by atoms with Gasteiger partial charge in [-0.3, -0.25) is 0 Å². The molecule has 4 N–H and O–H groups in total. The van der Waals surface area contributed by atoms with Crippen molar-refractivity contribution in [3.05, 3.63) is 235 Å². The van der Waals surface area contributed by atoms with Crippen LogP contribution in [0.2, 0.25) is 0 Å². The molecule has 24 bridgehead atoms. The normalized spacial score (nSPS) is 33.0. The summed E-state index contributed by atoms with van der Waals surface area (Å²) >= 11 is 0. The van der Waals surface area contributed by atoms with E-state index in [1.54, 1.807) is 48.5 Å². The third-order valence-electron chi connectivity index (χ3n) is 34.0. The van der Waals surface area contributed by atoms with Crippen LogP contribution in [0.4, 0.5) is 0 Å². The lowest BCUT2D eigenvalue weighted by atomic mass is 9.48. The van der Waals surface area contributed by atoms with Crippen molar-refractivity contribution in [3.63, 3.8) is 0 Å². The molecule has 17 aliphatic rings. The van der Waals surface area contributed by atoms with Gasteiger partial charge in [-0.1, -0.05) is 76.2 Å². The average molecular weight is 1790 g/mol. The first kappa shape index (κ1) is 88.5. The summed E-state index contributed by atoms with van der Waals surface area (Å²) in [6, 6.07) is 41.5. The van der Waals surface area contributed by atoms with Gasteiger partial charge in [-0.15, -0.1) is 0 Å². The predicted molar refractivity (Wildman–Crippen MR) is 495 cm³/mol. The average Bonchev–Trinajstić information content (AvgIpc) is 0.739. The van der Waals surface area contributed by atoms with Crippen LogP contribution in [0.25, 0.3) is 0 Å². The zero-order chi connectivity index (χ0) is 91.2. The van der Waals surface area contributed by atoms with E-state index in [4.69, 9.17) is 56.8 Å². The van der Waals surface area contributed by atoms with E-state index in [1.807, 2.05) is 72.8 Å². The fourth-order valence-electron chi connectivity index (χ4n) is 31.4. The third-order valence-corrected chi connectivity index (χ3v) is 34.0. The van der Waals surface area contributed by atoms with Gasteiger partial charge in [0.15, 0.2) is 0 Å².